The third kappa shape index (κ3) is 2.72. The van der Waals surface area contributed by atoms with Crippen LogP contribution in [-0.4, -0.2) is 37.3 Å². The summed E-state index contributed by atoms with van der Waals surface area (Å²) in [5.41, 5.74) is 3.08. The minimum Gasteiger partial charge on any atom is -0.497 e. The van der Waals surface area contributed by atoms with Crippen molar-refractivity contribution in [3.63, 3.8) is 0 Å². The summed E-state index contributed by atoms with van der Waals surface area (Å²) in [5.74, 6) is 2.93. The third-order valence-corrected chi connectivity index (χ3v) is 10.6. The van der Waals surface area contributed by atoms with Crippen LogP contribution in [0.5, 0.6) is 5.75 Å². The van der Waals surface area contributed by atoms with Crippen LogP contribution in [0.3, 0.4) is 0 Å². The number of rotatable bonds is 2. The highest BCUT2D eigenvalue weighted by Gasteiger charge is 2.67. The molecule has 1 spiro atoms. The topological polar surface area (TPSA) is 47.9 Å². The predicted molar refractivity (Wildman–Crippen MR) is 123 cm³/mol. The Morgan fingerprint density at radius 3 is 2.41 bits per heavy atom. The fourth-order valence-electron chi connectivity index (χ4n) is 9.00. The minimum atomic E-state index is -0.342. The number of aliphatic hydroxyl groups excluding tert-OH is 1. The molecule has 1 N–H and O–H groups in total. The van der Waals surface area contributed by atoms with Gasteiger partial charge in [0.25, 0.3) is 0 Å². The number of methoxy groups -OCH3 is 1. The summed E-state index contributed by atoms with van der Waals surface area (Å²) < 4.78 is 18.1. The molecule has 4 aliphatic carbocycles. The van der Waals surface area contributed by atoms with Crippen molar-refractivity contribution in [2.45, 2.75) is 76.6 Å². The lowest BCUT2D eigenvalue weighted by Gasteiger charge is -2.61. The largest absolute Gasteiger partial charge is 0.497 e. The van der Waals surface area contributed by atoms with Gasteiger partial charge in [0.2, 0.25) is 0 Å². The van der Waals surface area contributed by atoms with Crippen LogP contribution in [0.4, 0.5) is 0 Å². The van der Waals surface area contributed by atoms with Gasteiger partial charge >= 0.3 is 0 Å². The molecule has 1 aromatic rings. The first-order valence-corrected chi connectivity index (χ1v) is 12.7. The second-order valence-electron chi connectivity index (χ2n) is 11.5. The monoisotopic (exact) mass is 438 g/mol. The number of ether oxygens (including phenoxy) is 3. The molecule has 4 nitrogen and oxygen atoms in total. The highest BCUT2D eigenvalue weighted by molar-refractivity contribution is 5.38. The Morgan fingerprint density at radius 1 is 0.969 bits per heavy atom. The van der Waals surface area contributed by atoms with Crippen molar-refractivity contribution < 1.29 is 19.3 Å². The summed E-state index contributed by atoms with van der Waals surface area (Å²) in [6.45, 7) is 6.48. The standard InChI is InChI=1S/C28H38O4/c1-26-12-10-24-22(23(26)11-13-28(26)31-14-15-32-28)9-6-19-16-20(29)17-25(27(19,24)2)18-4-7-21(30-3)8-5-18/h4-5,7-8,16,20,22-25,29H,6,9-15,17H2,1-3H3. The molecule has 4 fully saturated rings. The van der Waals surface area contributed by atoms with E-state index in [1.807, 2.05) is 0 Å². The van der Waals surface area contributed by atoms with E-state index in [2.05, 4.69) is 44.2 Å². The molecular weight excluding hydrogens is 400 g/mol. The number of fused-ring (bicyclic) bond motifs is 6. The van der Waals surface area contributed by atoms with Crippen LogP contribution in [0.1, 0.15) is 70.3 Å². The number of hydrogen-bond donors (Lipinski definition) is 1. The Balaban J connectivity index is 1.38. The lowest BCUT2D eigenvalue weighted by molar-refractivity contribution is -0.243. The average Bonchev–Trinajstić information content (AvgIpc) is 3.40. The van der Waals surface area contributed by atoms with E-state index in [0.29, 0.717) is 23.7 Å². The second kappa shape index (κ2) is 7.32. The van der Waals surface area contributed by atoms with E-state index < -0.39 is 0 Å². The molecule has 3 saturated carbocycles. The summed E-state index contributed by atoms with van der Waals surface area (Å²) in [4.78, 5) is 0. The molecule has 0 radical (unpaired) electrons. The van der Waals surface area contributed by atoms with Crippen molar-refractivity contribution in [1.82, 2.24) is 0 Å². The molecule has 1 heterocycles. The van der Waals surface area contributed by atoms with Gasteiger partial charge in [0.15, 0.2) is 5.79 Å². The molecule has 32 heavy (non-hydrogen) atoms. The van der Waals surface area contributed by atoms with E-state index >= 15 is 0 Å². The van der Waals surface area contributed by atoms with Gasteiger partial charge in [0.1, 0.15) is 5.75 Å². The van der Waals surface area contributed by atoms with Crippen LogP contribution in [0.25, 0.3) is 0 Å². The molecule has 0 amide bonds. The SMILES string of the molecule is COc1ccc(C2CC(O)C=C3CCC4C(CCC5(C)C4CCC54OCCO4)C32C)cc1. The summed E-state index contributed by atoms with van der Waals surface area (Å²) in [5, 5.41) is 10.8. The Bertz CT molecular complexity index is 901. The van der Waals surface area contributed by atoms with Crippen molar-refractivity contribution >= 4 is 0 Å². The van der Waals surface area contributed by atoms with Crippen LogP contribution >= 0.6 is 0 Å². The fourth-order valence-corrected chi connectivity index (χ4v) is 9.00. The Labute approximate surface area is 192 Å². The van der Waals surface area contributed by atoms with Gasteiger partial charge in [0, 0.05) is 11.8 Å². The Morgan fingerprint density at radius 2 is 1.69 bits per heavy atom. The molecule has 7 unspecified atom stereocenters. The molecule has 5 aliphatic rings. The summed E-state index contributed by atoms with van der Waals surface area (Å²) in [6.07, 6.45) is 9.72. The van der Waals surface area contributed by atoms with Gasteiger partial charge in [-0.15, -0.1) is 0 Å². The van der Waals surface area contributed by atoms with Gasteiger partial charge in [-0.05, 0) is 85.3 Å². The Kier molecular flexibility index (Phi) is 4.85. The maximum Gasteiger partial charge on any atom is 0.174 e. The highest BCUT2D eigenvalue weighted by Crippen LogP contribution is 2.70. The normalized spacial score (nSPS) is 44.5. The van der Waals surface area contributed by atoms with Gasteiger partial charge < -0.3 is 19.3 Å². The zero-order valence-electron chi connectivity index (χ0n) is 19.8. The molecule has 6 rings (SSSR count). The zero-order valence-corrected chi connectivity index (χ0v) is 19.8. The predicted octanol–water partition coefficient (Wildman–Crippen LogP) is 5.46. The molecule has 7 atom stereocenters. The molecule has 0 bridgehead atoms. The van der Waals surface area contributed by atoms with Crippen molar-refractivity contribution in [3.05, 3.63) is 41.5 Å². The van der Waals surface area contributed by atoms with E-state index in [1.165, 1.54) is 36.8 Å². The molecule has 174 valence electrons. The van der Waals surface area contributed by atoms with Crippen LogP contribution in [-0.2, 0) is 9.47 Å². The van der Waals surface area contributed by atoms with Gasteiger partial charge in [-0.1, -0.05) is 37.6 Å². The van der Waals surface area contributed by atoms with Gasteiger partial charge in [-0.3, -0.25) is 0 Å². The molecule has 0 aromatic heterocycles. The van der Waals surface area contributed by atoms with Crippen molar-refractivity contribution in [2.75, 3.05) is 20.3 Å². The lowest BCUT2D eigenvalue weighted by Crippen LogP contribution is -2.56. The van der Waals surface area contributed by atoms with E-state index in [-0.39, 0.29) is 22.7 Å². The van der Waals surface area contributed by atoms with E-state index in [9.17, 15) is 5.11 Å². The first-order chi connectivity index (χ1) is 15.4. The maximum absolute atomic E-state index is 10.8. The summed E-state index contributed by atoms with van der Waals surface area (Å²) in [7, 11) is 1.72. The molecular formula is C28H38O4. The van der Waals surface area contributed by atoms with E-state index in [0.717, 1.165) is 38.2 Å². The van der Waals surface area contributed by atoms with Gasteiger partial charge in [-0.25, -0.2) is 0 Å². The molecule has 4 heteroatoms. The van der Waals surface area contributed by atoms with E-state index in [4.69, 9.17) is 14.2 Å². The first-order valence-electron chi connectivity index (χ1n) is 12.7. The van der Waals surface area contributed by atoms with Gasteiger partial charge in [0.05, 0.1) is 26.4 Å². The Hall–Kier alpha value is -1.36. The van der Waals surface area contributed by atoms with Crippen LogP contribution in [0.15, 0.2) is 35.9 Å². The molecule has 1 saturated heterocycles. The highest BCUT2D eigenvalue weighted by atomic mass is 16.7. The zero-order chi connectivity index (χ0) is 22.1. The van der Waals surface area contributed by atoms with Crippen molar-refractivity contribution in [3.8, 4) is 5.75 Å². The molecule has 1 aromatic carbocycles. The van der Waals surface area contributed by atoms with Crippen LogP contribution in [0.2, 0.25) is 0 Å². The first kappa shape index (κ1) is 21.2. The summed E-state index contributed by atoms with van der Waals surface area (Å²) >= 11 is 0. The van der Waals surface area contributed by atoms with Crippen LogP contribution in [0, 0.1) is 28.6 Å². The minimum absolute atomic E-state index is 0.102. The summed E-state index contributed by atoms with van der Waals surface area (Å²) in [6, 6.07) is 8.62. The number of hydrogen-bond acceptors (Lipinski definition) is 4. The lowest BCUT2D eigenvalue weighted by atomic mass is 9.44. The number of aliphatic hydroxyl groups is 1. The molecule has 1 aliphatic heterocycles. The maximum atomic E-state index is 10.8. The van der Waals surface area contributed by atoms with Crippen molar-refractivity contribution in [2.24, 2.45) is 28.6 Å². The average molecular weight is 439 g/mol. The van der Waals surface area contributed by atoms with Crippen LogP contribution < -0.4 is 4.74 Å². The van der Waals surface area contributed by atoms with Gasteiger partial charge in [-0.2, -0.15) is 0 Å². The number of benzene rings is 1. The third-order valence-electron chi connectivity index (χ3n) is 10.6. The smallest absolute Gasteiger partial charge is 0.174 e. The quantitative estimate of drug-likeness (QED) is 0.623. The second-order valence-corrected chi connectivity index (χ2v) is 11.5. The number of allylic oxidation sites excluding steroid dienone is 1. The fraction of sp³-hybridized carbons (Fsp3) is 0.714. The van der Waals surface area contributed by atoms with E-state index in [1.54, 1.807) is 7.11 Å². The van der Waals surface area contributed by atoms with Crippen molar-refractivity contribution in [1.29, 1.82) is 0 Å².